The smallest absolute Gasteiger partial charge is 0.305 e. The molecule has 1 heterocycles. The van der Waals surface area contributed by atoms with E-state index in [9.17, 15) is 9.59 Å². The van der Waals surface area contributed by atoms with Gasteiger partial charge in [-0.3, -0.25) is 9.59 Å². The molecule has 6 nitrogen and oxygen atoms in total. The van der Waals surface area contributed by atoms with Crippen molar-refractivity contribution in [2.75, 3.05) is 19.8 Å². The Bertz CT molecular complexity index is 994. The monoisotopic (exact) mass is 916 g/mol. The summed E-state index contributed by atoms with van der Waals surface area (Å²) in [6.07, 6.45) is 62.3. The van der Waals surface area contributed by atoms with E-state index in [1.54, 1.807) is 0 Å². The van der Waals surface area contributed by atoms with Gasteiger partial charge in [0.25, 0.3) is 0 Å². The number of rotatable bonds is 53. The van der Waals surface area contributed by atoms with Crippen LogP contribution in [-0.4, -0.2) is 43.2 Å². The van der Waals surface area contributed by atoms with Gasteiger partial charge in [0.2, 0.25) is 0 Å². The Balaban J connectivity index is 2.33. The maximum absolute atomic E-state index is 12.9. The van der Waals surface area contributed by atoms with E-state index >= 15 is 0 Å². The van der Waals surface area contributed by atoms with Crippen LogP contribution in [0.5, 0.6) is 0 Å². The normalized spacial score (nSPS) is 13.3. The molecule has 0 amide bonds. The van der Waals surface area contributed by atoms with Crippen LogP contribution < -0.4 is 0 Å². The van der Waals surface area contributed by atoms with Crippen molar-refractivity contribution in [1.82, 2.24) is 0 Å². The Morgan fingerprint density at radius 3 is 0.862 bits per heavy atom. The molecule has 0 unspecified atom stereocenters. The lowest BCUT2D eigenvalue weighted by atomic mass is 10.0. The lowest BCUT2D eigenvalue weighted by molar-refractivity contribution is -0.150. The van der Waals surface area contributed by atoms with E-state index < -0.39 is 5.54 Å². The van der Waals surface area contributed by atoms with Gasteiger partial charge in [0.15, 0.2) is 11.4 Å². The molecule has 1 rings (SSSR count). The second kappa shape index (κ2) is 48.9. The zero-order valence-corrected chi connectivity index (χ0v) is 44.3. The fourth-order valence-electron chi connectivity index (χ4n) is 9.54. The average Bonchev–Trinajstić information content (AvgIpc) is 3.73. The summed E-state index contributed by atoms with van der Waals surface area (Å²) in [5, 5.41) is 0. The minimum Gasteiger partial charge on any atom is -0.478 e. The Morgan fingerprint density at radius 2 is 0.600 bits per heavy atom. The van der Waals surface area contributed by atoms with Gasteiger partial charge in [0, 0.05) is 19.3 Å². The molecule has 1 aliphatic rings. The van der Waals surface area contributed by atoms with E-state index in [-0.39, 0.29) is 25.2 Å². The maximum atomic E-state index is 12.9. The molecule has 0 aliphatic carbocycles. The second-order valence-electron chi connectivity index (χ2n) is 20.8. The zero-order valence-electron chi connectivity index (χ0n) is 44.3. The molecule has 6 heteroatoms. The largest absolute Gasteiger partial charge is 0.478 e. The molecule has 0 aromatic rings. The van der Waals surface area contributed by atoms with Crippen molar-refractivity contribution in [2.45, 2.75) is 341 Å². The van der Waals surface area contributed by atoms with Gasteiger partial charge in [0.1, 0.15) is 19.8 Å². The molecule has 65 heavy (non-hydrogen) atoms. The van der Waals surface area contributed by atoms with E-state index in [0.717, 1.165) is 44.4 Å². The number of carbonyl (C=O) groups is 2. The maximum Gasteiger partial charge on any atom is 0.305 e. The number of nitrogens with zero attached hydrogens (tertiary/aromatic N) is 1. The summed E-state index contributed by atoms with van der Waals surface area (Å²) in [4.78, 5) is 30.7. The fourth-order valence-corrected chi connectivity index (χ4v) is 9.54. The standard InChI is InChI=1S/C59H113NO5/c1-4-7-10-13-16-19-22-25-28-31-32-35-38-41-44-47-50-56-60-59(53-63-56,54-64-57(61)51-48-45-42-39-36-33-29-26-23-20-17-14-11-8-5-2)55-65-58(62)52-49-46-43-40-37-34-30-27-24-21-18-15-12-9-6-3/h4-55H2,1-3H3. The molecule has 0 spiro atoms. The van der Waals surface area contributed by atoms with Gasteiger partial charge in [-0.25, -0.2) is 4.99 Å². The van der Waals surface area contributed by atoms with E-state index in [2.05, 4.69) is 20.8 Å². The Labute approximate surface area is 405 Å². The minimum absolute atomic E-state index is 0.110. The third-order valence-corrected chi connectivity index (χ3v) is 14.1. The summed E-state index contributed by atoms with van der Waals surface area (Å²) in [6, 6.07) is 0. The van der Waals surface area contributed by atoms with Crippen LogP contribution in [0.15, 0.2) is 4.99 Å². The highest BCUT2D eigenvalue weighted by Gasteiger charge is 2.40. The van der Waals surface area contributed by atoms with Gasteiger partial charge in [0.05, 0.1) is 0 Å². The topological polar surface area (TPSA) is 74.2 Å². The van der Waals surface area contributed by atoms with Crippen molar-refractivity contribution in [3.8, 4) is 0 Å². The Morgan fingerprint density at radius 1 is 0.369 bits per heavy atom. The van der Waals surface area contributed by atoms with Gasteiger partial charge in [-0.05, 0) is 19.3 Å². The molecule has 384 valence electrons. The van der Waals surface area contributed by atoms with E-state index in [4.69, 9.17) is 19.2 Å². The Kier molecular flexibility index (Phi) is 46.2. The van der Waals surface area contributed by atoms with Crippen LogP contribution >= 0.6 is 0 Å². The van der Waals surface area contributed by atoms with Gasteiger partial charge >= 0.3 is 11.9 Å². The molecule has 0 bridgehead atoms. The highest BCUT2D eigenvalue weighted by atomic mass is 16.6. The highest BCUT2D eigenvalue weighted by Crippen LogP contribution is 2.25. The van der Waals surface area contributed by atoms with E-state index in [0.29, 0.717) is 19.4 Å². The first-order valence-electron chi connectivity index (χ1n) is 29.6. The lowest BCUT2D eigenvalue weighted by Gasteiger charge is -2.23. The van der Waals surface area contributed by atoms with Crippen molar-refractivity contribution >= 4 is 17.8 Å². The molecule has 0 aromatic carbocycles. The first kappa shape index (κ1) is 61.4. The van der Waals surface area contributed by atoms with Crippen LogP contribution in [0.2, 0.25) is 0 Å². The van der Waals surface area contributed by atoms with Crippen LogP contribution in [0.3, 0.4) is 0 Å². The summed E-state index contributed by atoms with van der Waals surface area (Å²) in [5.41, 5.74) is -0.834. The van der Waals surface area contributed by atoms with Gasteiger partial charge < -0.3 is 14.2 Å². The van der Waals surface area contributed by atoms with Crippen LogP contribution in [0.25, 0.3) is 0 Å². The molecule has 0 aromatic heterocycles. The van der Waals surface area contributed by atoms with Crippen LogP contribution in [0.4, 0.5) is 0 Å². The van der Waals surface area contributed by atoms with Crippen molar-refractivity contribution in [3.05, 3.63) is 0 Å². The quantitative estimate of drug-likeness (QED) is 0.0449. The van der Waals surface area contributed by atoms with E-state index in [1.807, 2.05) is 0 Å². The Hall–Kier alpha value is -1.59. The summed E-state index contributed by atoms with van der Waals surface area (Å²) in [6.45, 7) is 7.39. The second-order valence-corrected chi connectivity index (χ2v) is 20.8. The summed E-state index contributed by atoms with van der Waals surface area (Å²) in [7, 11) is 0. The summed E-state index contributed by atoms with van der Waals surface area (Å²) >= 11 is 0. The van der Waals surface area contributed by atoms with Gasteiger partial charge in [-0.2, -0.15) is 0 Å². The molecule has 0 radical (unpaired) electrons. The first-order chi connectivity index (χ1) is 32.0. The summed E-state index contributed by atoms with van der Waals surface area (Å²) < 4.78 is 17.8. The molecule has 0 atom stereocenters. The molecule has 0 N–H and O–H groups in total. The number of carbonyl (C=O) groups excluding carboxylic acids is 2. The van der Waals surface area contributed by atoms with Crippen molar-refractivity contribution < 1.29 is 23.8 Å². The van der Waals surface area contributed by atoms with Crippen molar-refractivity contribution in [3.63, 3.8) is 0 Å². The third kappa shape index (κ3) is 42.3. The number of esters is 2. The minimum atomic E-state index is -0.834. The molecular formula is C59H113NO5. The number of ether oxygens (including phenoxy) is 3. The molecule has 0 saturated carbocycles. The van der Waals surface area contributed by atoms with E-state index in [1.165, 1.54) is 263 Å². The molecular weight excluding hydrogens is 803 g/mol. The number of hydrogen-bond acceptors (Lipinski definition) is 6. The lowest BCUT2D eigenvalue weighted by Crippen LogP contribution is -2.41. The number of unbranched alkanes of at least 4 members (excludes halogenated alkanes) is 43. The number of aliphatic imine (C=N–C) groups is 1. The molecule has 1 aliphatic heterocycles. The molecule has 0 fully saturated rings. The average molecular weight is 917 g/mol. The highest BCUT2D eigenvalue weighted by molar-refractivity contribution is 5.78. The van der Waals surface area contributed by atoms with Crippen molar-refractivity contribution in [1.29, 1.82) is 0 Å². The first-order valence-corrected chi connectivity index (χ1v) is 29.6. The third-order valence-electron chi connectivity index (χ3n) is 14.1. The van der Waals surface area contributed by atoms with Crippen LogP contribution in [0, 0.1) is 0 Å². The van der Waals surface area contributed by atoms with Crippen molar-refractivity contribution in [2.24, 2.45) is 4.99 Å². The fraction of sp³-hybridized carbons (Fsp3) is 0.949. The summed E-state index contributed by atoms with van der Waals surface area (Å²) in [5.74, 6) is 0.376. The zero-order chi connectivity index (χ0) is 46.8. The van der Waals surface area contributed by atoms with Crippen LogP contribution in [-0.2, 0) is 23.8 Å². The van der Waals surface area contributed by atoms with Crippen LogP contribution in [0.1, 0.15) is 335 Å². The van der Waals surface area contributed by atoms with Gasteiger partial charge in [-0.1, -0.05) is 297 Å². The predicted molar refractivity (Wildman–Crippen MR) is 281 cm³/mol. The SMILES string of the molecule is CCCCCCCCCCCCCCCCCCC1=NC(COC(=O)CCCCCCCCCCCCCCCCC)(COC(=O)CCCCCCCCCCCCCCCCC)CO1. The number of hydrogen-bond donors (Lipinski definition) is 0. The molecule has 0 saturated heterocycles. The predicted octanol–water partition coefficient (Wildman–Crippen LogP) is 19.4. The van der Waals surface area contributed by atoms with Gasteiger partial charge in [-0.15, -0.1) is 0 Å².